The smallest absolute Gasteiger partial charge is 0.100 e. The molecular weight excluding hydrogens is 168 g/mol. The van der Waals surface area contributed by atoms with E-state index in [2.05, 4.69) is 9.59 Å². The summed E-state index contributed by atoms with van der Waals surface area (Å²) < 4.78 is 3.51. The third-order valence-corrected chi connectivity index (χ3v) is 1.14. The molecule has 0 saturated heterocycles. The van der Waals surface area contributed by atoms with Crippen LogP contribution >= 0.6 is 11.5 Å². The van der Waals surface area contributed by atoms with Crippen LogP contribution in [0.15, 0.2) is 11.6 Å². The molecule has 1 aromatic heterocycles. The van der Waals surface area contributed by atoms with E-state index in [4.69, 9.17) is 15.3 Å². The van der Waals surface area contributed by atoms with Crippen LogP contribution in [0.4, 0.5) is 0 Å². The molecule has 0 aliphatic carbocycles. The van der Waals surface area contributed by atoms with Crippen LogP contribution in [0.5, 0.6) is 0 Å². The van der Waals surface area contributed by atoms with Gasteiger partial charge >= 0.3 is 0 Å². The zero-order valence-corrected chi connectivity index (χ0v) is 6.61. The fourth-order valence-corrected chi connectivity index (χ4v) is 0.466. The Bertz CT molecular complexity index is 126. The molecule has 0 fully saturated rings. The minimum Gasteiger partial charge on any atom is -0.394 e. The summed E-state index contributed by atoms with van der Waals surface area (Å²) in [5.41, 5.74) is 0. The summed E-state index contributed by atoms with van der Waals surface area (Å²) in [5, 5.41) is 29.3. The van der Waals surface area contributed by atoms with Gasteiger partial charge in [0.25, 0.3) is 0 Å². The molecule has 0 amide bonds. The Morgan fingerprint density at radius 1 is 1.36 bits per heavy atom. The van der Waals surface area contributed by atoms with Crippen LogP contribution in [0.1, 0.15) is 0 Å². The van der Waals surface area contributed by atoms with E-state index < -0.39 is 6.10 Å². The molecule has 1 rings (SSSR count). The largest absolute Gasteiger partial charge is 0.394 e. The monoisotopic (exact) mass is 178 g/mol. The number of hydrogen-bond acceptors (Lipinski definition) is 6. The van der Waals surface area contributed by atoms with Crippen molar-refractivity contribution in [2.45, 2.75) is 6.10 Å². The number of aliphatic hydroxyl groups excluding tert-OH is 3. The van der Waals surface area contributed by atoms with Crippen molar-refractivity contribution in [1.82, 2.24) is 9.59 Å². The summed E-state index contributed by atoms with van der Waals surface area (Å²) in [6.45, 7) is -0.729. The molecule has 0 unspecified atom stereocenters. The van der Waals surface area contributed by atoms with Gasteiger partial charge in [-0.3, -0.25) is 0 Å². The molecule has 1 aromatic rings. The molecule has 64 valence electrons. The van der Waals surface area contributed by atoms with Crippen LogP contribution < -0.4 is 0 Å². The minimum atomic E-state index is -0.954. The molecule has 0 saturated carbocycles. The van der Waals surface area contributed by atoms with Gasteiger partial charge in [-0.15, -0.1) is 5.10 Å². The van der Waals surface area contributed by atoms with Crippen LogP contribution in [-0.4, -0.2) is 44.2 Å². The first-order valence-corrected chi connectivity index (χ1v) is 3.75. The molecule has 0 spiro atoms. The molecule has 0 aliphatic rings. The quantitative estimate of drug-likeness (QED) is 0.533. The minimum absolute atomic E-state index is 0.365. The normalized spacial score (nSPS) is 9.09. The lowest BCUT2D eigenvalue weighted by atomic mass is 10.4. The Morgan fingerprint density at radius 2 is 2.00 bits per heavy atom. The van der Waals surface area contributed by atoms with Gasteiger partial charge in [0.05, 0.1) is 19.4 Å². The number of aliphatic hydroxyl groups is 3. The van der Waals surface area contributed by atoms with E-state index in [1.54, 1.807) is 6.20 Å². The Balaban J connectivity index is 0.000000183. The molecule has 0 radical (unpaired) electrons. The van der Waals surface area contributed by atoms with Crippen molar-refractivity contribution in [3.05, 3.63) is 11.6 Å². The average molecular weight is 178 g/mol. The highest BCUT2D eigenvalue weighted by molar-refractivity contribution is 7.03. The second-order valence-corrected chi connectivity index (χ2v) is 2.25. The number of aromatic nitrogens is 2. The van der Waals surface area contributed by atoms with E-state index in [-0.39, 0.29) is 13.2 Å². The SMILES string of the molecule is OCC(O)CO.c1csnn1. The fraction of sp³-hybridized carbons (Fsp3) is 0.600. The summed E-state index contributed by atoms with van der Waals surface area (Å²) in [6.07, 6.45) is 0.704. The van der Waals surface area contributed by atoms with Crippen LogP contribution in [0.3, 0.4) is 0 Å². The first-order chi connectivity index (χ1) is 5.31. The first kappa shape index (κ1) is 10.4. The van der Waals surface area contributed by atoms with Gasteiger partial charge in [-0.2, -0.15) is 0 Å². The van der Waals surface area contributed by atoms with Crippen molar-refractivity contribution >= 4 is 11.5 Å². The van der Waals surface area contributed by atoms with E-state index in [1.165, 1.54) is 11.5 Å². The van der Waals surface area contributed by atoms with E-state index in [1.807, 2.05) is 5.38 Å². The zero-order valence-electron chi connectivity index (χ0n) is 5.79. The third kappa shape index (κ3) is 7.34. The Labute approximate surface area is 68.1 Å². The van der Waals surface area contributed by atoms with Gasteiger partial charge in [0.2, 0.25) is 0 Å². The standard InChI is InChI=1S/C3H8O3.C2H2N2S/c4-1-3(6)2-5;1-2-5-4-3-1/h3-6H,1-2H2;1-2H. The molecule has 11 heavy (non-hydrogen) atoms. The summed E-state index contributed by atoms with van der Waals surface area (Å²) in [5.74, 6) is 0. The number of nitrogens with zero attached hydrogens (tertiary/aromatic N) is 2. The van der Waals surface area contributed by atoms with Crippen LogP contribution in [0.25, 0.3) is 0 Å². The molecular formula is C5H10N2O3S. The molecule has 0 atom stereocenters. The maximum atomic E-state index is 8.17. The van der Waals surface area contributed by atoms with E-state index in [9.17, 15) is 0 Å². The van der Waals surface area contributed by atoms with Crippen LogP contribution in [0, 0.1) is 0 Å². The highest BCUT2D eigenvalue weighted by atomic mass is 32.1. The van der Waals surface area contributed by atoms with Gasteiger partial charge in [-0.25, -0.2) is 0 Å². The lowest BCUT2D eigenvalue weighted by Gasteiger charge is -1.96. The summed E-state index contributed by atoms with van der Waals surface area (Å²) in [6, 6.07) is 0. The predicted molar refractivity (Wildman–Crippen MR) is 40.1 cm³/mol. The molecule has 3 N–H and O–H groups in total. The second kappa shape index (κ2) is 7.55. The second-order valence-electron chi connectivity index (χ2n) is 1.61. The number of rotatable bonds is 2. The topological polar surface area (TPSA) is 86.5 Å². The molecule has 0 aromatic carbocycles. The highest BCUT2D eigenvalue weighted by Gasteiger charge is 1.93. The van der Waals surface area contributed by atoms with Gasteiger partial charge in [0.15, 0.2) is 0 Å². The Kier molecular flexibility index (Phi) is 7.16. The van der Waals surface area contributed by atoms with E-state index >= 15 is 0 Å². The van der Waals surface area contributed by atoms with Gasteiger partial charge in [0, 0.05) is 5.38 Å². The zero-order chi connectivity index (χ0) is 8.53. The number of hydrogen-bond donors (Lipinski definition) is 3. The van der Waals surface area contributed by atoms with Crippen molar-refractivity contribution in [1.29, 1.82) is 0 Å². The van der Waals surface area contributed by atoms with Crippen molar-refractivity contribution in [2.75, 3.05) is 13.2 Å². The van der Waals surface area contributed by atoms with Crippen molar-refractivity contribution in [3.63, 3.8) is 0 Å². The Hall–Kier alpha value is -0.560. The van der Waals surface area contributed by atoms with Crippen molar-refractivity contribution in [2.24, 2.45) is 0 Å². The lowest BCUT2D eigenvalue weighted by Crippen LogP contribution is -2.15. The predicted octanol–water partition coefficient (Wildman–Crippen LogP) is -1.13. The molecule has 1 heterocycles. The van der Waals surface area contributed by atoms with Crippen LogP contribution in [0.2, 0.25) is 0 Å². The summed E-state index contributed by atoms with van der Waals surface area (Å²) in [4.78, 5) is 0. The third-order valence-electron chi connectivity index (χ3n) is 0.704. The van der Waals surface area contributed by atoms with Gasteiger partial charge in [-0.1, -0.05) is 4.49 Å². The maximum absolute atomic E-state index is 8.17. The average Bonchev–Trinajstić information content (AvgIpc) is 2.60. The lowest BCUT2D eigenvalue weighted by molar-refractivity contribution is 0.0450. The van der Waals surface area contributed by atoms with E-state index in [0.29, 0.717) is 0 Å². The molecule has 6 heteroatoms. The van der Waals surface area contributed by atoms with Gasteiger partial charge in [-0.05, 0) is 11.5 Å². The molecule has 0 aliphatic heterocycles. The first-order valence-electron chi connectivity index (χ1n) is 2.92. The summed E-state index contributed by atoms with van der Waals surface area (Å²) in [7, 11) is 0. The van der Waals surface area contributed by atoms with Gasteiger partial charge < -0.3 is 15.3 Å². The molecule has 0 bridgehead atoms. The summed E-state index contributed by atoms with van der Waals surface area (Å²) >= 11 is 1.35. The van der Waals surface area contributed by atoms with E-state index in [0.717, 1.165) is 0 Å². The highest BCUT2D eigenvalue weighted by Crippen LogP contribution is 1.78. The fourth-order valence-electron chi connectivity index (χ4n) is 0.194. The van der Waals surface area contributed by atoms with Gasteiger partial charge in [0.1, 0.15) is 6.10 Å². The van der Waals surface area contributed by atoms with Crippen LogP contribution in [-0.2, 0) is 0 Å². The maximum Gasteiger partial charge on any atom is 0.100 e. The molecule has 5 nitrogen and oxygen atoms in total. The Morgan fingerprint density at radius 3 is 2.09 bits per heavy atom. The van der Waals surface area contributed by atoms with Crippen molar-refractivity contribution < 1.29 is 15.3 Å². The van der Waals surface area contributed by atoms with Crippen molar-refractivity contribution in [3.8, 4) is 0 Å².